The molecule has 1 aliphatic rings. The van der Waals surface area contributed by atoms with Gasteiger partial charge in [0.2, 0.25) is 0 Å². The summed E-state index contributed by atoms with van der Waals surface area (Å²) in [6, 6.07) is 0.681. The van der Waals surface area contributed by atoms with Crippen LogP contribution < -0.4 is 5.32 Å². The summed E-state index contributed by atoms with van der Waals surface area (Å²) in [6.07, 6.45) is -1.43. The van der Waals surface area contributed by atoms with Crippen LogP contribution >= 0.6 is 0 Å². The van der Waals surface area contributed by atoms with Crippen molar-refractivity contribution in [3.8, 4) is 0 Å². The first-order valence-electron chi connectivity index (χ1n) is 6.62. The highest BCUT2D eigenvalue weighted by Crippen LogP contribution is 2.31. The van der Waals surface area contributed by atoms with Crippen molar-refractivity contribution in [2.45, 2.75) is 71.1 Å². The minimum absolute atomic E-state index is 0.190. The van der Waals surface area contributed by atoms with Crippen LogP contribution in [-0.4, -0.2) is 18.3 Å². The highest BCUT2D eigenvalue weighted by molar-refractivity contribution is 4.86. The standard InChI is InChI=1S/C13H24F3N/c1-9-6-7-12(11(9)3)17-10(2)5-4-8-13(14,15)16/h9-12,17H,4-8H2,1-3H3. The molecule has 0 amide bonds. The van der Waals surface area contributed by atoms with Crippen LogP contribution in [0.1, 0.15) is 52.9 Å². The molecule has 4 unspecified atom stereocenters. The lowest BCUT2D eigenvalue weighted by Gasteiger charge is -2.24. The summed E-state index contributed by atoms with van der Waals surface area (Å²) in [6.45, 7) is 6.48. The smallest absolute Gasteiger partial charge is 0.311 e. The third-order valence-electron chi connectivity index (χ3n) is 4.06. The molecule has 1 rings (SSSR count). The fourth-order valence-electron chi connectivity index (χ4n) is 2.66. The van der Waals surface area contributed by atoms with Crippen LogP contribution in [0.5, 0.6) is 0 Å². The molecule has 1 fully saturated rings. The van der Waals surface area contributed by atoms with Gasteiger partial charge in [0, 0.05) is 18.5 Å². The number of rotatable bonds is 5. The first-order valence-corrected chi connectivity index (χ1v) is 6.62. The molecule has 1 saturated carbocycles. The molecular formula is C13H24F3N. The summed E-state index contributed by atoms with van der Waals surface area (Å²) in [7, 11) is 0. The van der Waals surface area contributed by atoms with Crippen LogP contribution in [0, 0.1) is 11.8 Å². The minimum atomic E-state index is -4.01. The predicted molar refractivity (Wildman–Crippen MR) is 63.9 cm³/mol. The highest BCUT2D eigenvalue weighted by Gasteiger charge is 2.30. The van der Waals surface area contributed by atoms with Gasteiger partial charge in [-0.05, 0) is 44.4 Å². The zero-order valence-corrected chi connectivity index (χ0v) is 11.0. The topological polar surface area (TPSA) is 12.0 Å². The molecule has 4 heteroatoms. The molecule has 0 aromatic rings. The summed E-state index contributed by atoms with van der Waals surface area (Å²) in [4.78, 5) is 0. The summed E-state index contributed by atoms with van der Waals surface area (Å²) < 4.78 is 36.0. The maximum atomic E-state index is 12.0. The Morgan fingerprint density at radius 2 is 1.88 bits per heavy atom. The van der Waals surface area contributed by atoms with Crippen LogP contribution in [-0.2, 0) is 0 Å². The van der Waals surface area contributed by atoms with Crippen LogP contribution in [0.15, 0.2) is 0 Å². The normalized spacial score (nSPS) is 31.8. The van der Waals surface area contributed by atoms with Gasteiger partial charge in [-0.2, -0.15) is 13.2 Å². The van der Waals surface area contributed by atoms with Gasteiger partial charge in [-0.25, -0.2) is 0 Å². The van der Waals surface area contributed by atoms with Crippen molar-refractivity contribution in [2.24, 2.45) is 11.8 Å². The third kappa shape index (κ3) is 5.28. The molecule has 0 aromatic heterocycles. The Morgan fingerprint density at radius 1 is 1.24 bits per heavy atom. The third-order valence-corrected chi connectivity index (χ3v) is 4.06. The van der Waals surface area contributed by atoms with E-state index in [0.29, 0.717) is 18.4 Å². The van der Waals surface area contributed by atoms with Crippen molar-refractivity contribution in [3.05, 3.63) is 0 Å². The van der Waals surface area contributed by atoms with Gasteiger partial charge in [-0.15, -0.1) is 0 Å². The lowest BCUT2D eigenvalue weighted by Crippen LogP contribution is -2.38. The van der Waals surface area contributed by atoms with Gasteiger partial charge in [0.15, 0.2) is 0 Å². The molecule has 1 nitrogen and oxygen atoms in total. The average Bonchev–Trinajstić information content (AvgIpc) is 2.47. The molecule has 0 aromatic carbocycles. The predicted octanol–water partition coefficient (Wildman–Crippen LogP) is 4.13. The first kappa shape index (κ1) is 14.8. The van der Waals surface area contributed by atoms with Crippen molar-refractivity contribution in [3.63, 3.8) is 0 Å². The summed E-state index contributed by atoms with van der Waals surface area (Å²) in [5.74, 6) is 1.37. The number of hydrogen-bond acceptors (Lipinski definition) is 1. The Morgan fingerprint density at radius 3 is 2.35 bits per heavy atom. The molecule has 17 heavy (non-hydrogen) atoms. The maximum absolute atomic E-state index is 12.0. The molecule has 0 radical (unpaired) electrons. The number of halogens is 3. The molecule has 1 N–H and O–H groups in total. The van der Waals surface area contributed by atoms with Crippen molar-refractivity contribution in [2.75, 3.05) is 0 Å². The second-order valence-electron chi connectivity index (χ2n) is 5.60. The second kappa shape index (κ2) is 6.07. The molecule has 0 bridgehead atoms. The molecule has 1 aliphatic carbocycles. The van der Waals surface area contributed by atoms with Crippen molar-refractivity contribution in [1.29, 1.82) is 0 Å². The first-order chi connectivity index (χ1) is 7.79. The van der Waals surface area contributed by atoms with Gasteiger partial charge < -0.3 is 5.32 Å². The van der Waals surface area contributed by atoms with E-state index >= 15 is 0 Å². The molecule has 0 saturated heterocycles. The Bertz CT molecular complexity index is 227. The summed E-state index contributed by atoms with van der Waals surface area (Å²) in [5.41, 5.74) is 0. The molecule has 0 aliphatic heterocycles. The monoisotopic (exact) mass is 251 g/mol. The number of alkyl halides is 3. The summed E-state index contributed by atoms with van der Waals surface area (Å²) in [5, 5.41) is 3.48. The SMILES string of the molecule is CC(CCCC(F)(F)F)NC1CCC(C)C1C. The molecule has 0 spiro atoms. The lowest BCUT2D eigenvalue weighted by atomic mass is 9.97. The summed E-state index contributed by atoms with van der Waals surface area (Å²) >= 11 is 0. The Hall–Kier alpha value is -0.250. The van der Waals surface area contributed by atoms with E-state index in [4.69, 9.17) is 0 Å². The van der Waals surface area contributed by atoms with Crippen molar-refractivity contribution >= 4 is 0 Å². The van der Waals surface area contributed by atoms with Crippen molar-refractivity contribution < 1.29 is 13.2 Å². The fraction of sp³-hybridized carbons (Fsp3) is 1.00. The van der Waals surface area contributed by atoms with Crippen LogP contribution in [0.4, 0.5) is 13.2 Å². The van der Waals surface area contributed by atoms with Gasteiger partial charge in [-0.1, -0.05) is 13.8 Å². The van der Waals surface area contributed by atoms with Crippen LogP contribution in [0.3, 0.4) is 0 Å². The highest BCUT2D eigenvalue weighted by atomic mass is 19.4. The molecule has 0 heterocycles. The maximum Gasteiger partial charge on any atom is 0.389 e. The molecule has 4 atom stereocenters. The van der Waals surface area contributed by atoms with Gasteiger partial charge >= 0.3 is 6.18 Å². The van der Waals surface area contributed by atoms with E-state index in [9.17, 15) is 13.2 Å². The Balaban J connectivity index is 2.19. The fourth-order valence-corrected chi connectivity index (χ4v) is 2.66. The van der Waals surface area contributed by atoms with Gasteiger partial charge in [0.1, 0.15) is 0 Å². The molecule has 102 valence electrons. The van der Waals surface area contributed by atoms with E-state index in [-0.39, 0.29) is 12.5 Å². The van der Waals surface area contributed by atoms with E-state index in [1.807, 2.05) is 6.92 Å². The number of nitrogens with one attached hydrogen (secondary N) is 1. The second-order valence-corrected chi connectivity index (χ2v) is 5.60. The Labute approximate surface area is 102 Å². The van der Waals surface area contributed by atoms with Crippen LogP contribution in [0.25, 0.3) is 0 Å². The average molecular weight is 251 g/mol. The van der Waals surface area contributed by atoms with Crippen molar-refractivity contribution in [1.82, 2.24) is 5.32 Å². The zero-order chi connectivity index (χ0) is 13.1. The van der Waals surface area contributed by atoms with Gasteiger partial charge in [-0.3, -0.25) is 0 Å². The van der Waals surface area contributed by atoms with E-state index in [1.54, 1.807) is 0 Å². The lowest BCUT2D eigenvalue weighted by molar-refractivity contribution is -0.135. The quantitative estimate of drug-likeness (QED) is 0.774. The number of hydrogen-bond donors (Lipinski definition) is 1. The van der Waals surface area contributed by atoms with Gasteiger partial charge in [0.25, 0.3) is 0 Å². The van der Waals surface area contributed by atoms with E-state index < -0.39 is 12.6 Å². The zero-order valence-electron chi connectivity index (χ0n) is 11.0. The Kier molecular flexibility index (Phi) is 5.29. The van der Waals surface area contributed by atoms with E-state index in [1.165, 1.54) is 6.42 Å². The minimum Gasteiger partial charge on any atom is -0.311 e. The van der Waals surface area contributed by atoms with Gasteiger partial charge in [0.05, 0.1) is 0 Å². The molecular weight excluding hydrogens is 227 g/mol. The largest absolute Gasteiger partial charge is 0.389 e. The van der Waals surface area contributed by atoms with E-state index in [2.05, 4.69) is 19.2 Å². The van der Waals surface area contributed by atoms with Crippen LogP contribution in [0.2, 0.25) is 0 Å². The van der Waals surface area contributed by atoms with E-state index in [0.717, 1.165) is 12.3 Å².